The van der Waals surface area contributed by atoms with Gasteiger partial charge in [0.05, 0.1) is 6.61 Å². The van der Waals surface area contributed by atoms with Crippen molar-refractivity contribution >= 4 is 0 Å². The van der Waals surface area contributed by atoms with Crippen molar-refractivity contribution in [1.29, 1.82) is 0 Å². The lowest BCUT2D eigenvalue weighted by atomic mass is 9.80. The molecule has 0 aliphatic rings. The van der Waals surface area contributed by atoms with Crippen LogP contribution < -0.4 is 5.73 Å². The molecule has 3 N–H and O–H groups in total. The van der Waals surface area contributed by atoms with Crippen molar-refractivity contribution in [3.05, 3.63) is 35.4 Å². The summed E-state index contributed by atoms with van der Waals surface area (Å²) >= 11 is 0. The molecule has 1 aromatic carbocycles. The van der Waals surface area contributed by atoms with Gasteiger partial charge in [-0.15, -0.1) is 0 Å². The summed E-state index contributed by atoms with van der Waals surface area (Å²) in [5, 5.41) is 9.43. The second kappa shape index (κ2) is 5.29. The summed E-state index contributed by atoms with van der Waals surface area (Å²) in [4.78, 5) is 0. The zero-order valence-electron chi connectivity index (χ0n) is 9.66. The summed E-state index contributed by atoms with van der Waals surface area (Å²) in [5.74, 6) is 0. The van der Waals surface area contributed by atoms with Gasteiger partial charge < -0.3 is 10.8 Å². The van der Waals surface area contributed by atoms with Crippen LogP contribution in [-0.4, -0.2) is 18.3 Å². The number of benzene rings is 1. The predicted molar refractivity (Wildman–Crippen MR) is 63.7 cm³/mol. The molecule has 0 fully saturated rings. The average molecular weight is 207 g/mol. The molecule has 84 valence electrons. The largest absolute Gasteiger partial charge is 0.396 e. The molecule has 0 aliphatic carbocycles. The van der Waals surface area contributed by atoms with Gasteiger partial charge in [-0.05, 0) is 25.3 Å². The van der Waals surface area contributed by atoms with Gasteiger partial charge in [0.15, 0.2) is 0 Å². The fraction of sp³-hybridized carbons (Fsp3) is 0.538. The Morgan fingerprint density at radius 3 is 2.60 bits per heavy atom. The van der Waals surface area contributed by atoms with Gasteiger partial charge in [0, 0.05) is 12.0 Å². The van der Waals surface area contributed by atoms with Gasteiger partial charge in [0.1, 0.15) is 0 Å². The van der Waals surface area contributed by atoms with E-state index in [9.17, 15) is 5.11 Å². The third-order valence-electron chi connectivity index (χ3n) is 3.18. The minimum absolute atomic E-state index is 0.145. The molecule has 0 saturated heterocycles. The number of hydrogen-bond acceptors (Lipinski definition) is 2. The maximum Gasteiger partial charge on any atom is 0.0502 e. The molecule has 0 radical (unpaired) electrons. The molecule has 0 saturated carbocycles. The Labute approximate surface area is 92.1 Å². The summed E-state index contributed by atoms with van der Waals surface area (Å²) < 4.78 is 0. The lowest BCUT2D eigenvalue weighted by Gasteiger charge is -2.29. The first-order valence-electron chi connectivity index (χ1n) is 5.52. The first-order chi connectivity index (χ1) is 7.15. The van der Waals surface area contributed by atoms with Gasteiger partial charge in [-0.25, -0.2) is 0 Å². The molecule has 0 bridgehead atoms. The second-order valence-electron chi connectivity index (χ2n) is 4.38. The van der Waals surface area contributed by atoms with E-state index in [-0.39, 0.29) is 12.0 Å². The van der Waals surface area contributed by atoms with E-state index in [1.165, 1.54) is 11.1 Å². The van der Waals surface area contributed by atoms with Crippen molar-refractivity contribution in [3.63, 3.8) is 0 Å². The maximum atomic E-state index is 9.43. The van der Waals surface area contributed by atoms with Crippen LogP contribution in [0.3, 0.4) is 0 Å². The van der Waals surface area contributed by atoms with Crippen LogP contribution in [0, 0.1) is 12.3 Å². The molecule has 1 rings (SSSR count). The van der Waals surface area contributed by atoms with Crippen molar-refractivity contribution in [2.75, 3.05) is 13.2 Å². The molecule has 0 amide bonds. The van der Waals surface area contributed by atoms with E-state index in [1.54, 1.807) is 0 Å². The number of aliphatic hydroxyl groups excluding tert-OH is 1. The molecule has 2 heteroatoms. The molecular formula is C13H21NO. The fourth-order valence-electron chi connectivity index (χ4n) is 1.83. The van der Waals surface area contributed by atoms with E-state index in [0.717, 1.165) is 12.8 Å². The number of aliphatic hydroxyl groups is 1. The van der Waals surface area contributed by atoms with E-state index in [0.29, 0.717) is 6.54 Å². The monoisotopic (exact) mass is 207 g/mol. The lowest BCUT2D eigenvalue weighted by molar-refractivity contribution is 0.127. The Kier molecular flexibility index (Phi) is 4.30. The summed E-state index contributed by atoms with van der Waals surface area (Å²) in [6, 6.07) is 8.40. The van der Waals surface area contributed by atoms with Crippen LogP contribution in [-0.2, 0) is 6.42 Å². The Balaban J connectivity index is 2.82. The van der Waals surface area contributed by atoms with E-state index in [1.807, 2.05) is 0 Å². The normalized spacial score (nSPS) is 14.9. The average Bonchev–Trinajstić information content (AvgIpc) is 2.26. The Morgan fingerprint density at radius 1 is 1.40 bits per heavy atom. The first-order valence-corrected chi connectivity index (χ1v) is 5.52. The Bertz CT molecular complexity index is 297. The molecular weight excluding hydrogens is 186 g/mol. The SMILES string of the molecule is CCC(CN)(CO)Cc1cccc(C)c1. The van der Waals surface area contributed by atoms with Gasteiger partial charge >= 0.3 is 0 Å². The highest BCUT2D eigenvalue weighted by Gasteiger charge is 2.25. The molecule has 1 aromatic rings. The van der Waals surface area contributed by atoms with Crippen molar-refractivity contribution in [2.24, 2.45) is 11.1 Å². The molecule has 0 aliphatic heterocycles. The summed E-state index contributed by atoms with van der Waals surface area (Å²) in [7, 11) is 0. The van der Waals surface area contributed by atoms with Gasteiger partial charge in [-0.1, -0.05) is 36.8 Å². The van der Waals surface area contributed by atoms with Crippen LogP contribution in [0.1, 0.15) is 24.5 Å². The second-order valence-corrected chi connectivity index (χ2v) is 4.38. The van der Waals surface area contributed by atoms with Crippen LogP contribution in [0.2, 0.25) is 0 Å². The fourth-order valence-corrected chi connectivity index (χ4v) is 1.83. The van der Waals surface area contributed by atoms with Crippen molar-refractivity contribution in [3.8, 4) is 0 Å². The number of nitrogens with two attached hydrogens (primary N) is 1. The maximum absolute atomic E-state index is 9.43. The van der Waals surface area contributed by atoms with Crippen LogP contribution in [0.15, 0.2) is 24.3 Å². The van der Waals surface area contributed by atoms with Crippen LogP contribution in [0.25, 0.3) is 0 Å². The summed E-state index contributed by atoms with van der Waals surface area (Å²) in [6.07, 6.45) is 1.77. The smallest absolute Gasteiger partial charge is 0.0502 e. The predicted octanol–water partition coefficient (Wildman–Crippen LogP) is 1.88. The number of rotatable bonds is 5. The third kappa shape index (κ3) is 3.05. The molecule has 1 unspecified atom stereocenters. The van der Waals surface area contributed by atoms with Crippen molar-refractivity contribution in [1.82, 2.24) is 0 Å². The molecule has 0 heterocycles. The molecule has 15 heavy (non-hydrogen) atoms. The van der Waals surface area contributed by atoms with Gasteiger partial charge in [0.2, 0.25) is 0 Å². The first kappa shape index (κ1) is 12.2. The van der Waals surface area contributed by atoms with Crippen molar-refractivity contribution in [2.45, 2.75) is 26.7 Å². The summed E-state index contributed by atoms with van der Waals surface area (Å²) in [5.41, 5.74) is 8.13. The highest BCUT2D eigenvalue weighted by Crippen LogP contribution is 2.25. The zero-order chi connectivity index (χ0) is 11.3. The minimum atomic E-state index is -0.145. The van der Waals surface area contributed by atoms with E-state index in [2.05, 4.69) is 38.1 Å². The third-order valence-corrected chi connectivity index (χ3v) is 3.18. The lowest BCUT2D eigenvalue weighted by Crippen LogP contribution is -2.35. The zero-order valence-corrected chi connectivity index (χ0v) is 9.66. The molecule has 0 spiro atoms. The number of hydrogen-bond donors (Lipinski definition) is 2. The Hall–Kier alpha value is -0.860. The Morgan fingerprint density at radius 2 is 2.13 bits per heavy atom. The van der Waals surface area contributed by atoms with Crippen LogP contribution >= 0.6 is 0 Å². The van der Waals surface area contributed by atoms with E-state index in [4.69, 9.17) is 5.73 Å². The van der Waals surface area contributed by atoms with Gasteiger partial charge in [-0.3, -0.25) is 0 Å². The van der Waals surface area contributed by atoms with Gasteiger partial charge in [-0.2, -0.15) is 0 Å². The highest BCUT2D eigenvalue weighted by atomic mass is 16.3. The van der Waals surface area contributed by atoms with Gasteiger partial charge in [0.25, 0.3) is 0 Å². The quantitative estimate of drug-likeness (QED) is 0.774. The van der Waals surface area contributed by atoms with Crippen LogP contribution in [0.4, 0.5) is 0 Å². The molecule has 2 nitrogen and oxygen atoms in total. The number of aryl methyl sites for hydroxylation is 1. The van der Waals surface area contributed by atoms with Crippen LogP contribution in [0.5, 0.6) is 0 Å². The topological polar surface area (TPSA) is 46.2 Å². The van der Waals surface area contributed by atoms with E-state index < -0.39 is 0 Å². The molecule has 1 atom stereocenters. The van der Waals surface area contributed by atoms with Crippen molar-refractivity contribution < 1.29 is 5.11 Å². The van der Waals surface area contributed by atoms with E-state index >= 15 is 0 Å². The summed E-state index contributed by atoms with van der Waals surface area (Å²) in [6.45, 7) is 4.86. The highest BCUT2D eigenvalue weighted by molar-refractivity contribution is 5.23. The standard InChI is InChI=1S/C13H21NO/c1-3-13(9-14,10-15)8-12-6-4-5-11(2)7-12/h4-7,15H,3,8-10,14H2,1-2H3. The molecule has 0 aromatic heterocycles. The minimum Gasteiger partial charge on any atom is -0.396 e.